The second-order valence-corrected chi connectivity index (χ2v) is 7.96. The zero-order chi connectivity index (χ0) is 19.8. The molecule has 1 aromatic heterocycles. The number of benzene rings is 1. The van der Waals surface area contributed by atoms with Crippen molar-refractivity contribution in [3.05, 3.63) is 57.0 Å². The molecule has 1 aromatic carbocycles. The summed E-state index contributed by atoms with van der Waals surface area (Å²) in [5.74, 6) is -0.0202. The van der Waals surface area contributed by atoms with Crippen molar-refractivity contribution in [3.8, 4) is 0 Å². The zero-order valence-corrected chi connectivity index (χ0v) is 16.9. The Morgan fingerprint density at radius 1 is 1.11 bits per heavy atom. The molecule has 1 atom stereocenters. The minimum absolute atomic E-state index is 0.0202. The largest absolute Gasteiger partial charge is 0.368 e. The molecule has 1 saturated heterocycles. The van der Waals surface area contributed by atoms with Crippen LogP contribution in [0.3, 0.4) is 0 Å². The van der Waals surface area contributed by atoms with Crippen molar-refractivity contribution < 1.29 is 4.79 Å². The fourth-order valence-electron chi connectivity index (χ4n) is 4.31. The van der Waals surface area contributed by atoms with Crippen LogP contribution in [0.25, 0.3) is 0 Å². The number of rotatable bonds is 3. The van der Waals surface area contributed by atoms with E-state index in [1.807, 2.05) is 4.90 Å². The first kappa shape index (κ1) is 18.7. The minimum Gasteiger partial charge on any atom is -0.368 e. The number of amides is 1. The lowest BCUT2D eigenvalue weighted by atomic mass is 10.1. The van der Waals surface area contributed by atoms with Gasteiger partial charge in [0.1, 0.15) is 6.04 Å². The van der Waals surface area contributed by atoms with Gasteiger partial charge >= 0.3 is 0 Å². The molecule has 0 bridgehead atoms. The fourth-order valence-corrected chi connectivity index (χ4v) is 4.31. The van der Waals surface area contributed by atoms with Crippen molar-refractivity contribution in [2.24, 2.45) is 0 Å². The highest BCUT2D eigenvalue weighted by Crippen LogP contribution is 2.24. The predicted molar refractivity (Wildman–Crippen MR) is 110 cm³/mol. The van der Waals surface area contributed by atoms with E-state index < -0.39 is 6.04 Å². The highest BCUT2D eigenvalue weighted by Gasteiger charge is 2.28. The van der Waals surface area contributed by atoms with Crippen LogP contribution in [0.1, 0.15) is 41.8 Å². The van der Waals surface area contributed by atoms with E-state index in [1.165, 1.54) is 21.5 Å². The molecular weight excluding hydrogens is 352 g/mol. The number of carbonyl (C=O) groups is 1. The lowest BCUT2D eigenvalue weighted by Gasteiger charge is -2.38. The van der Waals surface area contributed by atoms with Crippen LogP contribution in [0, 0.1) is 13.8 Å². The maximum Gasteiger partial charge on any atom is 0.267 e. The first-order chi connectivity index (χ1) is 13.5. The van der Waals surface area contributed by atoms with E-state index in [0.29, 0.717) is 13.1 Å². The van der Waals surface area contributed by atoms with Crippen LogP contribution in [-0.2, 0) is 17.6 Å². The standard InChI is InChI=1S/C22H28N4O2/c1-15-6-4-9-20(16(15)2)24-10-12-25(13-11-24)22(28)17(3)26-21(27)14-18-7-5-8-19(18)23-26/h4,6,9,14,17H,5,7-8,10-13H2,1-3H3/t17-/m1/s1. The Morgan fingerprint density at radius 3 is 2.61 bits per heavy atom. The number of fused-ring (bicyclic) bond motifs is 1. The van der Waals surface area contributed by atoms with Gasteiger partial charge in [-0.25, -0.2) is 4.68 Å². The van der Waals surface area contributed by atoms with Gasteiger partial charge in [0.05, 0.1) is 5.69 Å². The number of aromatic nitrogens is 2. The molecule has 28 heavy (non-hydrogen) atoms. The van der Waals surface area contributed by atoms with Gasteiger partial charge in [0.15, 0.2) is 0 Å². The molecule has 0 unspecified atom stereocenters. The summed E-state index contributed by atoms with van der Waals surface area (Å²) in [5.41, 5.74) is 5.67. The Bertz CT molecular complexity index is 957. The summed E-state index contributed by atoms with van der Waals surface area (Å²) in [6, 6.07) is 7.46. The van der Waals surface area contributed by atoms with Crippen LogP contribution >= 0.6 is 0 Å². The predicted octanol–water partition coefficient (Wildman–Crippen LogP) is 2.26. The number of hydrogen-bond donors (Lipinski definition) is 0. The first-order valence-electron chi connectivity index (χ1n) is 10.2. The maximum atomic E-state index is 13.0. The number of hydrogen-bond acceptors (Lipinski definition) is 4. The first-order valence-corrected chi connectivity index (χ1v) is 10.2. The summed E-state index contributed by atoms with van der Waals surface area (Å²) >= 11 is 0. The number of aryl methyl sites for hydroxylation is 3. The lowest BCUT2D eigenvalue weighted by Crippen LogP contribution is -2.51. The maximum absolute atomic E-state index is 13.0. The third kappa shape index (κ3) is 3.32. The molecule has 0 radical (unpaired) electrons. The van der Waals surface area contributed by atoms with Crippen molar-refractivity contribution >= 4 is 11.6 Å². The molecule has 1 amide bonds. The molecule has 4 rings (SSSR count). The van der Waals surface area contributed by atoms with E-state index in [9.17, 15) is 9.59 Å². The van der Waals surface area contributed by atoms with E-state index >= 15 is 0 Å². The summed E-state index contributed by atoms with van der Waals surface area (Å²) in [6.45, 7) is 8.99. The Hall–Kier alpha value is -2.63. The quantitative estimate of drug-likeness (QED) is 0.820. The molecule has 0 spiro atoms. The van der Waals surface area contributed by atoms with Crippen molar-refractivity contribution in [2.75, 3.05) is 31.1 Å². The highest BCUT2D eigenvalue weighted by atomic mass is 16.2. The molecule has 2 aliphatic rings. The molecule has 2 heterocycles. The molecule has 148 valence electrons. The highest BCUT2D eigenvalue weighted by molar-refractivity contribution is 5.80. The molecule has 0 saturated carbocycles. The Labute approximate surface area is 165 Å². The van der Waals surface area contributed by atoms with E-state index in [4.69, 9.17) is 0 Å². The molecule has 0 N–H and O–H groups in total. The van der Waals surface area contributed by atoms with Crippen LogP contribution in [-0.4, -0.2) is 46.8 Å². The van der Waals surface area contributed by atoms with Crippen LogP contribution < -0.4 is 10.5 Å². The van der Waals surface area contributed by atoms with Gasteiger partial charge in [-0.15, -0.1) is 0 Å². The van der Waals surface area contributed by atoms with Crippen molar-refractivity contribution in [1.29, 1.82) is 0 Å². The monoisotopic (exact) mass is 380 g/mol. The SMILES string of the molecule is Cc1cccc(N2CCN(C(=O)[C@@H](C)n3nc4c(cc3=O)CCC4)CC2)c1C. The fraction of sp³-hybridized carbons (Fsp3) is 0.500. The summed E-state index contributed by atoms with van der Waals surface area (Å²) in [6.07, 6.45) is 2.85. The zero-order valence-electron chi connectivity index (χ0n) is 16.9. The van der Waals surface area contributed by atoms with Crippen LogP contribution in [0.4, 0.5) is 5.69 Å². The van der Waals surface area contributed by atoms with Gasteiger partial charge in [0, 0.05) is 37.9 Å². The van der Waals surface area contributed by atoms with Gasteiger partial charge < -0.3 is 9.80 Å². The molecule has 1 fully saturated rings. The van der Waals surface area contributed by atoms with Crippen molar-refractivity contribution in [2.45, 2.75) is 46.1 Å². The lowest BCUT2D eigenvalue weighted by molar-refractivity contribution is -0.135. The normalized spacial score (nSPS) is 17.5. The third-order valence-electron chi connectivity index (χ3n) is 6.21. The molecule has 6 nitrogen and oxygen atoms in total. The Kier molecular flexibility index (Phi) is 4.96. The summed E-state index contributed by atoms with van der Waals surface area (Å²) in [7, 11) is 0. The number of anilines is 1. The summed E-state index contributed by atoms with van der Waals surface area (Å²) in [4.78, 5) is 29.7. The van der Waals surface area contributed by atoms with Gasteiger partial charge in [-0.3, -0.25) is 9.59 Å². The topological polar surface area (TPSA) is 58.4 Å². The van der Waals surface area contributed by atoms with E-state index in [1.54, 1.807) is 13.0 Å². The van der Waals surface area contributed by atoms with E-state index in [2.05, 4.69) is 42.0 Å². The number of carbonyl (C=O) groups excluding carboxylic acids is 1. The van der Waals surface area contributed by atoms with Gasteiger partial charge in [0.25, 0.3) is 5.56 Å². The summed E-state index contributed by atoms with van der Waals surface area (Å²) < 4.78 is 1.38. The average Bonchev–Trinajstić information content (AvgIpc) is 3.15. The van der Waals surface area contributed by atoms with Crippen molar-refractivity contribution in [3.63, 3.8) is 0 Å². The Morgan fingerprint density at radius 2 is 1.86 bits per heavy atom. The molecule has 1 aliphatic carbocycles. The van der Waals surface area contributed by atoms with E-state index in [0.717, 1.165) is 43.6 Å². The molecule has 2 aromatic rings. The molecule has 1 aliphatic heterocycles. The summed E-state index contributed by atoms with van der Waals surface area (Å²) in [5, 5.41) is 4.50. The van der Waals surface area contributed by atoms with Crippen LogP contribution in [0.5, 0.6) is 0 Å². The van der Waals surface area contributed by atoms with Crippen molar-refractivity contribution in [1.82, 2.24) is 14.7 Å². The van der Waals surface area contributed by atoms with E-state index in [-0.39, 0.29) is 11.5 Å². The molecule has 6 heteroatoms. The van der Waals surface area contributed by atoms with Gasteiger partial charge in [0.2, 0.25) is 5.91 Å². The second kappa shape index (κ2) is 7.41. The minimum atomic E-state index is -0.564. The molecular formula is C22H28N4O2. The van der Waals surface area contributed by atoms with Gasteiger partial charge in [-0.05, 0) is 62.8 Å². The van der Waals surface area contributed by atoms with Gasteiger partial charge in [-0.1, -0.05) is 12.1 Å². The second-order valence-electron chi connectivity index (χ2n) is 7.96. The Balaban J connectivity index is 1.45. The van der Waals surface area contributed by atoms with Crippen LogP contribution in [0.15, 0.2) is 29.1 Å². The average molecular weight is 380 g/mol. The smallest absolute Gasteiger partial charge is 0.267 e. The number of piperazine rings is 1. The van der Waals surface area contributed by atoms with Gasteiger partial charge in [-0.2, -0.15) is 5.10 Å². The van der Waals surface area contributed by atoms with Crippen LogP contribution in [0.2, 0.25) is 0 Å². The third-order valence-corrected chi connectivity index (χ3v) is 6.21. The number of nitrogens with zero attached hydrogens (tertiary/aromatic N) is 4.